The summed E-state index contributed by atoms with van der Waals surface area (Å²) in [6.07, 6.45) is 7.99. The minimum atomic E-state index is -0.595. The highest BCUT2D eigenvalue weighted by molar-refractivity contribution is 5.11. The molecule has 2 rings (SSSR count). The minimum Gasteiger partial charge on any atom is -0.378 e. The third-order valence-corrected chi connectivity index (χ3v) is 5.25. The van der Waals surface area contributed by atoms with Gasteiger partial charge in [-0.3, -0.25) is 0 Å². The van der Waals surface area contributed by atoms with Crippen LogP contribution in [0, 0.1) is 28.6 Å². The molecule has 0 aliphatic heterocycles. The van der Waals surface area contributed by atoms with Gasteiger partial charge in [-0.1, -0.05) is 27.2 Å². The van der Waals surface area contributed by atoms with E-state index in [0.29, 0.717) is 17.4 Å². The first-order valence-electron chi connectivity index (χ1n) is 8.16. The zero-order chi connectivity index (χ0) is 14.8. The van der Waals surface area contributed by atoms with Gasteiger partial charge in [-0.05, 0) is 55.8 Å². The summed E-state index contributed by atoms with van der Waals surface area (Å²) in [6.45, 7) is 7.78. The SMILES string of the molecule is CC1CC(OCCC2CCCC2(N)C#N)CC(C)(C)C1. The van der Waals surface area contributed by atoms with Crippen LogP contribution in [-0.4, -0.2) is 18.2 Å². The Morgan fingerprint density at radius 3 is 2.75 bits per heavy atom. The number of hydrogen-bond donors (Lipinski definition) is 1. The zero-order valence-electron chi connectivity index (χ0n) is 13.3. The molecule has 0 amide bonds. The third-order valence-electron chi connectivity index (χ3n) is 5.25. The molecule has 3 nitrogen and oxygen atoms in total. The standard InChI is InChI=1S/C17H30N2O/c1-13-9-15(11-16(2,3)10-13)20-8-6-14-5-4-7-17(14,19)12-18/h13-15H,4-11,19H2,1-3H3. The van der Waals surface area contributed by atoms with E-state index in [1.54, 1.807) is 0 Å². The van der Waals surface area contributed by atoms with E-state index < -0.39 is 5.54 Å². The molecule has 4 atom stereocenters. The number of nitrogens with zero attached hydrogens (tertiary/aromatic N) is 1. The van der Waals surface area contributed by atoms with Gasteiger partial charge in [0.25, 0.3) is 0 Å². The molecule has 0 radical (unpaired) electrons. The van der Waals surface area contributed by atoms with Crippen molar-refractivity contribution in [2.45, 2.75) is 77.4 Å². The highest BCUT2D eigenvalue weighted by Crippen LogP contribution is 2.40. The molecule has 2 N–H and O–H groups in total. The molecule has 0 heterocycles. The van der Waals surface area contributed by atoms with Gasteiger partial charge in [-0.25, -0.2) is 0 Å². The van der Waals surface area contributed by atoms with Gasteiger partial charge in [-0.2, -0.15) is 5.26 Å². The lowest BCUT2D eigenvalue weighted by Crippen LogP contribution is -2.42. The van der Waals surface area contributed by atoms with Crippen molar-refractivity contribution in [2.75, 3.05) is 6.61 Å². The smallest absolute Gasteiger partial charge is 0.107 e. The first kappa shape index (κ1) is 15.8. The van der Waals surface area contributed by atoms with Crippen LogP contribution in [0.2, 0.25) is 0 Å². The van der Waals surface area contributed by atoms with E-state index >= 15 is 0 Å². The second-order valence-electron chi connectivity index (χ2n) is 7.94. The maximum Gasteiger partial charge on any atom is 0.107 e. The van der Waals surface area contributed by atoms with Gasteiger partial charge in [0.15, 0.2) is 0 Å². The Kier molecular flexibility index (Phi) is 4.76. The average molecular weight is 278 g/mol. The van der Waals surface area contributed by atoms with Crippen molar-refractivity contribution in [3.05, 3.63) is 0 Å². The summed E-state index contributed by atoms with van der Waals surface area (Å²) in [6, 6.07) is 2.32. The largest absolute Gasteiger partial charge is 0.378 e. The van der Waals surface area contributed by atoms with Crippen LogP contribution in [0.1, 0.15) is 65.7 Å². The van der Waals surface area contributed by atoms with Crippen LogP contribution in [-0.2, 0) is 4.74 Å². The summed E-state index contributed by atoms with van der Waals surface area (Å²) in [5.41, 5.74) is 5.98. The molecule has 0 spiro atoms. The summed E-state index contributed by atoms with van der Waals surface area (Å²) in [5.74, 6) is 1.07. The van der Waals surface area contributed by atoms with Gasteiger partial charge in [0.1, 0.15) is 5.54 Å². The Balaban J connectivity index is 1.77. The van der Waals surface area contributed by atoms with E-state index in [-0.39, 0.29) is 0 Å². The van der Waals surface area contributed by atoms with Crippen LogP contribution in [0.25, 0.3) is 0 Å². The molecule has 0 aromatic rings. The van der Waals surface area contributed by atoms with Gasteiger partial charge in [0.05, 0.1) is 12.2 Å². The Labute approximate surface area is 123 Å². The molecule has 2 fully saturated rings. The number of ether oxygens (including phenoxy) is 1. The zero-order valence-corrected chi connectivity index (χ0v) is 13.3. The Morgan fingerprint density at radius 2 is 2.10 bits per heavy atom. The van der Waals surface area contributed by atoms with Crippen LogP contribution in [0.15, 0.2) is 0 Å². The van der Waals surface area contributed by atoms with E-state index in [0.717, 1.165) is 44.6 Å². The van der Waals surface area contributed by atoms with Crippen molar-refractivity contribution in [3.63, 3.8) is 0 Å². The lowest BCUT2D eigenvalue weighted by Gasteiger charge is -2.39. The Hall–Kier alpha value is -0.590. The summed E-state index contributed by atoms with van der Waals surface area (Å²) in [4.78, 5) is 0. The maximum absolute atomic E-state index is 9.23. The normalized spacial score (nSPS) is 40.5. The van der Waals surface area contributed by atoms with Crippen molar-refractivity contribution in [3.8, 4) is 6.07 Å². The summed E-state index contributed by atoms with van der Waals surface area (Å²) >= 11 is 0. The molecule has 2 aliphatic carbocycles. The second-order valence-corrected chi connectivity index (χ2v) is 7.94. The lowest BCUT2D eigenvalue weighted by molar-refractivity contribution is -0.0280. The van der Waals surface area contributed by atoms with Crippen LogP contribution in [0.4, 0.5) is 0 Å². The molecule has 114 valence electrons. The van der Waals surface area contributed by atoms with Gasteiger partial charge < -0.3 is 10.5 Å². The van der Waals surface area contributed by atoms with E-state index in [2.05, 4.69) is 26.8 Å². The maximum atomic E-state index is 9.23. The van der Waals surface area contributed by atoms with Crippen LogP contribution >= 0.6 is 0 Å². The van der Waals surface area contributed by atoms with Crippen LogP contribution in [0.3, 0.4) is 0 Å². The van der Waals surface area contributed by atoms with Crippen LogP contribution < -0.4 is 5.73 Å². The fourth-order valence-electron chi connectivity index (χ4n) is 4.41. The minimum absolute atomic E-state index is 0.321. The molecule has 20 heavy (non-hydrogen) atoms. The summed E-state index contributed by atoms with van der Waals surface area (Å²) in [5, 5.41) is 9.23. The van der Waals surface area contributed by atoms with Gasteiger partial charge in [0, 0.05) is 6.61 Å². The monoisotopic (exact) mass is 278 g/mol. The van der Waals surface area contributed by atoms with E-state index in [1.807, 2.05) is 0 Å². The quantitative estimate of drug-likeness (QED) is 0.854. The number of nitriles is 1. The third kappa shape index (κ3) is 3.74. The van der Waals surface area contributed by atoms with E-state index in [1.165, 1.54) is 12.8 Å². The predicted molar refractivity (Wildman–Crippen MR) is 81.0 cm³/mol. The lowest BCUT2D eigenvalue weighted by atomic mass is 9.71. The van der Waals surface area contributed by atoms with Gasteiger partial charge >= 0.3 is 0 Å². The molecule has 2 saturated carbocycles. The van der Waals surface area contributed by atoms with Crippen LogP contribution in [0.5, 0.6) is 0 Å². The Morgan fingerprint density at radius 1 is 1.35 bits per heavy atom. The first-order valence-corrected chi connectivity index (χ1v) is 8.16. The van der Waals surface area contributed by atoms with Crippen molar-refractivity contribution >= 4 is 0 Å². The predicted octanol–water partition coefficient (Wildman–Crippen LogP) is 3.63. The molecule has 3 heteroatoms. The molecule has 0 aromatic carbocycles. The van der Waals surface area contributed by atoms with Crippen molar-refractivity contribution in [1.29, 1.82) is 5.26 Å². The summed E-state index contributed by atoms with van der Waals surface area (Å²) in [7, 11) is 0. The highest BCUT2D eigenvalue weighted by Gasteiger charge is 2.39. The Bertz CT molecular complexity index is 374. The summed E-state index contributed by atoms with van der Waals surface area (Å²) < 4.78 is 6.12. The fraction of sp³-hybridized carbons (Fsp3) is 0.941. The molecule has 4 unspecified atom stereocenters. The highest BCUT2D eigenvalue weighted by atomic mass is 16.5. The van der Waals surface area contributed by atoms with Gasteiger partial charge in [-0.15, -0.1) is 0 Å². The molecule has 0 bridgehead atoms. The second kappa shape index (κ2) is 6.03. The first-order chi connectivity index (χ1) is 9.35. The van der Waals surface area contributed by atoms with Crippen molar-refractivity contribution < 1.29 is 4.74 Å². The number of nitrogens with two attached hydrogens (primary N) is 1. The van der Waals surface area contributed by atoms with Gasteiger partial charge in [0.2, 0.25) is 0 Å². The molecular formula is C17H30N2O. The molecule has 0 aromatic heterocycles. The van der Waals surface area contributed by atoms with E-state index in [9.17, 15) is 5.26 Å². The topological polar surface area (TPSA) is 59.0 Å². The molecule has 0 saturated heterocycles. The van der Waals surface area contributed by atoms with Crippen molar-refractivity contribution in [1.82, 2.24) is 0 Å². The average Bonchev–Trinajstić information content (AvgIpc) is 2.69. The molecular weight excluding hydrogens is 248 g/mol. The molecule has 2 aliphatic rings. The fourth-order valence-corrected chi connectivity index (χ4v) is 4.41. The van der Waals surface area contributed by atoms with Crippen molar-refractivity contribution in [2.24, 2.45) is 23.0 Å². The number of hydrogen-bond acceptors (Lipinski definition) is 3. The van der Waals surface area contributed by atoms with E-state index in [4.69, 9.17) is 10.5 Å². The number of rotatable bonds is 4.